The van der Waals surface area contributed by atoms with E-state index < -0.39 is 29.6 Å². The minimum absolute atomic E-state index is 0.0466. The molecule has 180 valence electrons. The van der Waals surface area contributed by atoms with Crippen LogP contribution in [0, 0.1) is 5.41 Å². The fourth-order valence-corrected chi connectivity index (χ4v) is 4.49. The first kappa shape index (κ1) is 23.8. The number of fused-ring (bicyclic) bond motifs is 3. The summed E-state index contributed by atoms with van der Waals surface area (Å²) < 4.78 is 11.1. The molecule has 1 fully saturated rings. The van der Waals surface area contributed by atoms with Gasteiger partial charge >= 0.3 is 12.1 Å². The first-order valence-electron chi connectivity index (χ1n) is 11.5. The van der Waals surface area contributed by atoms with Crippen molar-refractivity contribution in [3.05, 3.63) is 59.7 Å². The Bertz CT molecular complexity index is 1040. The van der Waals surface area contributed by atoms with Crippen molar-refractivity contribution in [3.8, 4) is 11.1 Å². The summed E-state index contributed by atoms with van der Waals surface area (Å²) in [4.78, 5) is 36.4. The summed E-state index contributed by atoms with van der Waals surface area (Å²) in [5, 5.41) is 14.7. The number of hydrogen-bond acceptors (Lipinski definition) is 5. The smallest absolute Gasteiger partial charge is 0.407 e. The molecule has 1 aliphatic carbocycles. The van der Waals surface area contributed by atoms with Gasteiger partial charge in [-0.15, -0.1) is 0 Å². The molecule has 2 aromatic carbocycles. The molecule has 8 nitrogen and oxygen atoms in total. The minimum Gasteiger partial charge on any atom is -0.481 e. The van der Waals surface area contributed by atoms with E-state index >= 15 is 0 Å². The number of benzene rings is 2. The highest BCUT2D eigenvalue weighted by atomic mass is 16.6. The van der Waals surface area contributed by atoms with Gasteiger partial charge in [-0.3, -0.25) is 9.59 Å². The number of rotatable bonds is 8. The Morgan fingerprint density at radius 1 is 1.06 bits per heavy atom. The maximum Gasteiger partial charge on any atom is 0.407 e. The number of carbonyl (C=O) groups excluding carboxylic acids is 2. The maximum absolute atomic E-state index is 12.6. The van der Waals surface area contributed by atoms with Crippen LogP contribution in [0.5, 0.6) is 0 Å². The summed E-state index contributed by atoms with van der Waals surface area (Å²) in [6, 6.07) is 15.7. The molecule has 8 heteroatoms. The molecule has 1 heterocycles. The third kappa shape index (κ3) is 4.92. The number of carboxylic acids is 1. The van der Waals surface area contributed by atoms with Crippen LogP contribution in [0.4, 0.5) is 4.79 Å². The van der Waals surface area contributed by atoms with Gasteiger partial charge in [-0.2, -0.15) is 0 Å². The molecule has 4 rings (SSSR count). The third-order valence-corrected chi connectivity index (χ3v) is 6.63. The highest BCUT2D eigenvalue weighted by Crippen LogP contribution is 2.44. The van der Waals surface area contributed by atoms with E-state index in [1.54, 1.807) is 13.8 Å². The number of carbonyl (C=O) groups is 3. The van der Waals surface area contributed by atoms with Crippen LogP contribution in [0.15, 0.2) is 48.5 Å². The van der Waals surface area contributed by atoms with Gasteiger partial charge in [0.05, 0.1) is 11.5 Å². The molecule has 0 bridgehead atoms. The standard InChI is InChI=1S/C26H30N2O6/c1-26(2,24(30)31)12-13-27-23(29)22-21(11-14-33-22)28-25(32)34-15-20-18-9-5-3-7-16(18)17-8-4-6-10-19(17)20/h3-10,20-22H,11-15H2,1-2H3,(H,27,29)(H,28,32)(H,30,31)/t21-,22+/m1/s1. The van der Waals surface area contributed by atoms with E-state index in [1.165, 1.54) is 0 Å². The number of alkyl carbamates (subject to hydrolysis) is 1. The summed E-state index contributed by atoms with van der Waals surface area (Å²) >= 11 is 0. The summed E-state index contributed by atoms with van der Waals surface area (Å²) in [6.45, 7) is 3.95. The van der Waals surface area contributed by atoms with Crippen LogP contribution in [0.1, 0.15) is 43.7 Å². The Hall–Kier alpha value is -3.39. The first-order valence-corrected chi connectivity index (χ1v) is 11.5. The zero-order chi connectivity index (χ0) is 24.3. The first-order chi connectivity index (χ1) is 16.3. The molecule has 2 aromatic rings. The normalized spacial score (nSPS) is 19.2. The van der Waals surface area contributed by atoms with Gasteiger partial charge in [0.2, 0.25) is 0 Å². The molecule has 1 saturated heterocycles. The van der Waals surface area contributed by atoms with Crippen LogP contribution in [-0.2, 0) is 19.1 Å². The van der Waals surface area contributed by atoms with Crippen molar-refractivity contribution < 1.29 is 29.0 Å². The lowest BCUT2D eigenvalue weighted by Gasteiger charge is -2.22. The molecular weight excluding hydrogens is 436 g/mol. The van der Waals surface area contributed by atoms with Crippen molar-refractivity contribution in [2.75, 3.05) is 19.8 Å². The average Bonchev–Trinajstić information content (AvgIpc) is 3.40. The van der Waals surface area contributed by atoms with Gasteiger partial charge in [0.15, 0.2) is 6.10 Å². The molecule has 2 amide bonds. The number of aliphatic carboxylic acids is 1. The molecule has 0 radical (unpaired) electrons. The molecule has 1 aliphatic heterocycles. The van der Waals surface area contributed by atoms with Crippen molar-refractivity contribution in [3.63, 3.8) is 0 Å². The molecule has 0 aromatic heterocycles. The van der Waals surface area contributed by atoms with Gasteiger partial charge in [0.25, 0.3) is 5.91 Å². The number of carboxylic acid groups (broad SMARTS) is 1. The molecule has 0 spiro atoms. The van der Waals surface area contributed by atoms with Crippen molar-refractivity contribution >= 4 is 18.0 Å². The fraction of sp³-hybridized carbons (Fsp3) is 0.423. The van der Waals surface area contributed by atoms with Crippen molar-refractivity contribution in [2.24, 2.45) is 5.41 Å². The molecule has 2 aliphatic rings. The fourth-order valence-electron chi connectivity index (χ4n) is 4.49. The van der Waals surface area contributed by atoms with Gasteiger partial charge in [-0.25, -0.2) is 4.79 Å². The van der Waals surface area contributed by atoms with E-state index in [0.29, 0.717) is 13.0 Å². The lowest BCUT2D eigenvalue weighted by molar-refractivity contribution is -0.147. The molecular formula is C26H30N2O6. The van der Waals surface area contributed by atoms with E-state index in [0.717, 1.165) is 22.3 Å². The Balaban J connectivity index is 1.31. The zero-order valence-electron chi connectivity index (χ0n) is 19.4. The maximum atomic E-state index is 12.6. The minimum atomic E-state index is -0.942. The van der Waals surface area contributed by atoms with Gasteiger partial charge in [0.1, 0.15) is 6.61 Å². The average molecular weight is 467 g/mol. The molecule has 0 unspecified atom stereocenters. The largest absolute Gasteiger partial charge is 0.481 e. The topological polar surface area (TPSA) is 114 Å². The number of ether oxygens (including phenoxy) is 2. The van der Waals surface area contributed by atoms with E-state index in [9.17, 15) is 19.5 Å². The van der Waals surface area contributed by atoms with Gasteiger partial charge in [0, 0.05) is 19.1 Å². The second kappa shape index (κ2) is 9.85. The second-order valence-electron chi connectivity index (χ2n) is 9.39. The summed E-state index contributed by atoms with van der Waals surface area (Å²) in [5.41, 5.74) is 3.62. The van der Waals surface area contributed by atoms with Crippen molar-refractivity contribution in [1.29, 1.82) is 0 Å². The highest BCUT2D eigenvalue weighted by molar-refractivity contribution is 5.83. The van der Waals surface area contributed by atoms with E-state index in [2.05, 4.69) is 34.9 Å². The summed E-state index contributed by atoms with van der Waals surface area (Å²) in [6.07, 6.45) is -0.663. The zero-order valence-corrected chi connectivity index (χ0v) is 19.4. The monoisotopic (exact) mass is 466 g/mol. The van der Waals surface area contributed by atoms with Gasteiger partial charge in [-0.05, 0) is 48.9 Å². The van der Waals surface area contributed by atoms with Crippen molar-refractivity contribution in [1.82, 2.24) is 10.6 Å². The Kier molecular flexibility index (Phi) is 6.88. The molecule has 3 N–H and O–H groups in total. The third-order valence-electron chi connectivity index (χ3n) is 6.63. The summed E-state index contributed by atoms with van der Waals surface area (Å²) in [5.74, 6) is -1.34. The number of nitrogens with one attached hydrogen (secondary N) is 2. The van der Waals surface area contributed by atoms with Crippen LogP contribution in [0.25, 0.3) is 11.1 Å². The van der Waals surface area contributed by atoms with Crippen LogP contribution in [0.2, 0.25) is 0 Å². The van der Waals surface area contributed by atoms with Crippen LogP contribution < -0.4 is 10.6 Å². The van der Waals surface area contributed by atoms with Crippen LogP contribution >= 0.6 is 0 Å². The number of amides is 2. The Morgan fingerprint density at radius 2 is 1.68 bits per heavy atom. The summed E-state index contributed by atoms with van der Waals surface area (Å²) in [7, 11) is 0. The number of hydrogen-bond donors (Lipinski definition) is 3. The van der Waals surface area contributed by atoms with Crippen LogP contribution in [0.3, 0.4) is 0 Å². The lowest BCUT2D eigenvalue weighted by Crippen LogP contribution is -2.49. The van der Waals surface area contributed by atoms with Gasteiger partial charge in [-0.1, -0.05) is 48.5 Å². The second-order valence-corrected chi connectivity index (χ2v) is 9.39. The SMILES string of the molecule is CC(C)(CCNC(=O)[C@H]1OCC[C@H]1NC(=O)OCC1c2ccccc2-c2ccccc21)C(=O)O. The Labute approximate surface area is 198 Å². The Morgan fingerprint density at radius 3 is 2.29 bits per heavy atom. The van der Waals surface area contributed by atoms with E-state index in [1.807, 2.05) is 24.3 Å². The quantitative estimate of drug-likeness (QED) is 0.550. The van der Waals surface area contributed by atoms with Crippen molar-refractivity contribution in [2.45, 2.75) is 44.8 Å². The van der Waals surface area contributed by atoms with E-state index in [-0.39, 0.29) is 31.4 Å². The molecule has 0 saturated carbocycles. The predicted octanol–water partition coefficient (Wildman–Crippen LogP) is 3.30. The molecule has 34 heavy (non-hydrogen) atoms. The highest BCUT2D eigenvalue weighted by Gasteiger charge is 2.36. The van der Waals surface area contributed by atoms with Crippen LogP contribution in [-0.4, -0.2) is 55.0 Å². The predicted molar refractivity (Wildman–Crippen MR) is 125 cm³/mol. The molecule has 2 atom stereocenters. The lowest BCUT2D eigenvalue weighted by atomic mass is 9.89. The van der Waals surface area contributed by atoms with E-state index in [4.69, 9.17) is 9.47 Å². The van der Waals surface area contributed by atoms with Gasteiger partial charge < -0.3 is 25.2 Å².